The highest BCUT2D eigenvalue weighted by atomic mass is 32.1. The molecule has 110 valence electrons. The molecule has 3 aromatic rings. The summed E-state index contributed by atoms with van der Waals surface area (Å²) in [4.78, 5) is 16.2. The van der Waals surface area contributed by atoms with E-state index in [1.807, 2.05) is 29.6 Å². The second-order valence-corrected chi connectivity index (χ2v) is 5.63. The molecule has 1 amide bonds. The standard InChI is InChI=1S/C17H13FN2OS/c18-15-4-2-1-3-13(15)11-16(21)20-14-7-5-12(6-8-14)17-19-9-10-22-17/h1-10H,11H2,(H,20,21). The quantitative estimate of drug-likeness (QED) is 0.787. The van der Waals surface area contributed by atoms with Crippen LogP contribution in [0.15, 0.2) is 60.1 Å². The highest BCUT2D eigenvalue weighted by Crippen LogP contribution is 2.23. The van der Waals surface area contributed by atoms with E-state index in [1.54, 1.807) is 35.7 Å². The Hall–Kier alpha value is -2.53. The topological polar surface area (TPSA) is 42.0 Å². The summed E-state index contributed by atoms with van der Waals surface area (Å²) in [7, 11) is 0. The number of halogens is 1. The van der Waals surface area contributed by atoms with E-state index in [0.29, 0.717) is 11.3 Å². The first-order valence-corrected chi connectivity index (χ1v) is 7.63. The highest BCUT2D eigenvalue weighted by Gasteiger charge is 2.08. The molecule has 1 heterocycles. The molecular formula is C17H13FN2OS. The molecule has 0 unspecified atom stereocenters. The van der Waals surface area contributed by atoms with Gasteiger partial charge >= 0.3 is 0 Å². The minimum absolute atomic E-state index is 0.0148. The molecule has 3 rings (SSSR count). The van der Waals surface area contributed by atoms with Crippen LogP contribution in [-0.4, -0.2) is 10.9 Å². The van der Waals surface area contributed by atoms with Gasteiger partial charge in [0.1, 0.15) is 10.8 Å². The molecule has 22 heavy (non-hydrogen) atoms. The number of hydrogen-bond donors (Lipinski definition) is 1. The van der Waals surface area contributed by atoms with E-state index < -0.39 is 0 Å². The third kappa shape index (κ3) is 3.38. The molecule has 0 atom stereocenters. The maximum Gasteiger partial charge on any atom is 0.228 e. The van der Waals surface area contributed by atoms with E-state index in [2.05, 4.69) is 10.3 Å². The van der Waals surface area contributed by atoms with Crippen LogP contribution in [-0.2, 0) is 11.2 Å². The summed E-state index contributed by atoms with van der Waals surface area (Å²) in [6.07, 6.45) is 1.77. The van der Waals surface area contributed by atoms with Crippen LogP contribution in [0.25, 0.3) is 10.6 Å². The maximum absolute atomic E-state index is 13.5. The molecule has 2 aromatic carbocycles. The summed E-state index contributed by atoms with van der Waals surface area (Å²) < 4.78 is 13.5. The number of amides is 1. The lowest BCUT2D eigenvalue weighted by molar-refractivity contribution is -0.115. The molecule has 0 saturated heterocycles. The van der Waals surface area contributed by atoms with Gasteiger partial charge in [-0.05, 0) is 35.9 Å². The van der Waals surface area contributed by atoms with Crippen molar-refractivity contribution in [1.29, 1.82) is 0 Å². The molecule has 0 radical (unpaired) electrons. The van der Waals surface area contributed by atoms with Crippen molar-refractivity contribution in [2.45, 2.75) is 6.42 Å². The van der Waals surface area contributed by atoms with Crippen molar-refractivity contribution in [3.8, 4) is 10.6 Å². The zero-order valence-electron chi connectivity index (χ0n) is 11.6. The molecule has 5 heteroatoms. The summed E-state index contributed by atoms with van der Waals surface area (Å²) in [5.41, 5.74) is 2.07. The van der Waals surface area contributed by atoms with Gasteiger partial charge in [-0.1, -0.05) is 18.2 Å². The Morgan fingerprint density at radius 1 is 1.14 bits per heavy atom. The van der Waals surface area contributed by atoms with Crippen molar-refractivity contribution in [2.75, 3.05) is 5.32 Å². The van der Waals surface area contributed by atoms with Gasteiger partial charge in [0.05, 0.1) is 6.42 Å². The molecule has 0 aliphatic rings. The van der Waals surface area contributed by atoms with Gasteiger partial charge in [0.2, 0.25) is 5.91 Å². The fourth-order valence-electron chi connectivity index (χ4n) is 2.08. The second-order valence-electron chi connectivity index (χ2n) is 4.73. The summed E-state index contributed by atoms with van der Waals surface area (Å²) in [5.74, 6) is -0.608. The zero-order valence-corrected chi connectivity index (χ0v) is 12.4. The average Bonchev–Trinajstić information content (AvgIpc) is 3.05. The number of anilines is 1. The minimum atomic E-state index is -0.364. The number of thiazole rings is 1. The summed E-state index contributed by atoms with van der Waals surface area (Å²) in [6.45, 7) is 0. The molecular weight excluding hydrogens is 299 g/mol. The third-order valence-corrected chi connectivity index (χ3v) is 3.98. The van der Waals surface area contributed by atoms with E-state index in [9.17, 15) is 9.18 Å². The molecule has 0 spiro atoms. The molecule has 0 aliphatic heterocycles. The number of rotatable bonds is 4. The molecule has 3 nitrogen and oxygen atoms in total. The molecule has 0 aliphatic carbocycles. The Morgan fingerprint density at radius 2 is 1.91 bits per heavy atom. The van der Waals surface area contributed by atoms with Gasteiger partial charge < -0.3 is 5.32 Å². The van der Waals surface area contributed by atoms with Crippen LogP contribution in [0, 0.1) is 5.82 Å². The monoisotopic (exact) mass is 312 g/mol. The van der Waals surface area contributed by atoms with E-state index in [-0.39, 0.29) is 18.1 Å². The Balaban J connectivity index is 1.66. The van der Waals surface area contributed by atoms with Gasteiger partial charge in [0, 0.05) is 22.8 Å². The normalized spacial score (nSPS) is 10.4. The first-order chi connectivity index (χ1) is 10.7. The minimum Gasteiger partial charge on any atom is -0.326 e. The number of nitrogens with zero attached hydrogens (tertiary/aromatic N) is 1. The highest BCUT2D eigenvalue weighted by molar-refractivity contribution is 7.13. The molecule has 0 fully saturated rings. The lowest BCUT2D eigenvalue weighted by Crippen LogP contribution is -2.15. The van der Waals surface area contributed by atoms with Crippen LogP contribution in [0.1, 0.15) is 5.56 Å². The van der Waals surface area contributed by atoms with Crippen molar-refractivity contribution >= 4 is 22.9 Å². The number of carbonyl (C=O) groups excluding carboxylic acids is 1. The van der Waals surface area contributed by atoms with E-state index in [1.165, 1.54) is 6.07 Å². The van der Waals surface area contributed by atoms with Crippen molar-refractivity contribution in [3.63, 3.8) is 0 Å². The fourth-order valence-corrected chi connectivity index (χ4v) is 2.73. The van der Waals surface area contributed by atoms with Crippen molar-refractivity contribution < 1.29 is 9.18 Å². The van der Waals surface area contributed by atoms with Crippen LogP contribution in [0.5, 0.6) is 0 Å². The maximum atomic E-state index is 13.5. The molecule has 1 aromatic heterocycles. The van der Waals surface area contributed by atoms with Crippen LogP contribution in [0.3, 0.4) is 0 Å². The Labute approximate surface area is 131 Å². The lowest BCUT2D eigenvalue weighted by Gasteiger charge is -2.06. The van der Waals surface area contributed by atoms with Crippen LogP contribution in [0.4, 0.5) is 10.1 Å². The number of carbonyl (C=O) groups is 1. The van der Waals surface area contributed by atoms with Crippen molar-refractivity contribution in [2.24, 2.45) is 0 Å². The Kier molecular flexibility index (Phi) is 4.25. The van der Waals surface area contributed by atoms with Gasteiger partial charge in [-0.3, -0.25) is 4.79 Å². The predicted octanol–water partition coefficient (Wildman–Crippen LogP) is 4.13. The summed E-state index contributed by atoms with van der Waals surface area (Å²) in [6, 6.07) is 13.7. The Morgan fingerprint density at radius 3 is 2.59 bits per heavy atom. The van der Waals surface area contributed by atoms with Gasteiger partial charge in [-0.2, -0.15) is 0 Å². The summed E-state index contributed by atoms with van der Waals surface area (Å²) >= 11 is 1.56. The molecule has 1 N–H and O–H groups in total. The summed E-state index contributed by atoms with van der Waals surface area (Å²) in [5, 5.41) is 5.62. The second kappa shape index (κ2) is 6.49. The largest absolute Gasteiger partial charge is 0.326 e. The van der Waals surface area contributed by atoms with Crippen molar-refractivity contribution in [3.05, 3.63) is 71.5 Å². The number of hydrogen-bond acceptors (Lipinski definition) is 3. The third-order valence-electron chi connectivity index (χ3n) is 3.16. The van der Waals surface area contributed by atoms with Crippen LogP contribution in [0.2, 0.25) is 0 Å². The smallest absolute Gasteiger partial charge is 0.228 e. The number of benzene rings is 2. The molecule has 0 bridgehead atoms. The van der Waals surface area contributed by atoms with Crippen LogP contribution < -0.4 is 5.32 Å². The lowest BCUT2D eigenvalue weighted by atomic mass is 10.1. The Bertz CT molecular complexity index is 770. The van der Waals surface area contributed by atoms with Gasteiger partial charge in [-0.15, -0.1) is 11.3 Å². The van der Waals surface area contributed by atoms with Crippen LogP contribution >= 0.6 is 11.3 Å². The first-order valence-electron chi connectivity index (χ1n) is 6.75. The SMILES string of the molecule is O=C(Cc1ccccc1F)Nc1ccc(-c2nccs2)cc1. The van der Waals surface area contributed by atoms with E-state index >= 15 is 0 Å². The van der Waals surface area contributed by atoms with Gasteiger partial charge in [0.25, 0.3) is 0 Å². The molecule has 0 saturated carbocycles. The van der Waals surface area contributed by atoms with Crippen molar-refractivity contribution in [1.82, 2.24) is 4.98 Å². The first kappa shape index (κ1) is 14.4. The van der Waals surface area contributed by atoms with Gasteiger partial charge in [-0.25, -0.2) is 9.37 Å². The zero-order chi connectivity index (χ0) is 15.4. The van der Waals surface area contributed by atoms with E-state index in [0.717, 1.165) is 10.6 Å². The number of aromatic nitrogens is 1. The van der Waals surface area contributed by atoms with E-state index in [4.69, 9.17) is 0 Å². The van der Waals surface area contributed by atoms with Gasteiger partial charge in [0.15, 0.2) is 0 Å². The predicted molar refractivity (Wildman–Crippen MR) is 86.3 cm³/mol. The fraction of sp³-hybridized carbons (Fsp3) is 0.0588. The average molecular weight is 312 g/mol. The number of nitrogens with one attached hydrogen (secondary N) is 1.